The number of amides is 3. The first-order valence-corrected chi connectivity index (χ1v) is 17.7. The number of ether oxygens (including phenoxy) is 1. The minimum absolute atomic E-state index is 0.00406. The van der Waals surface area contributed by atoms with E-state index in [-0.39, 0.29) is 29.0 Å². The Hall–Kier alpha value is -4.36. The average molecular weight is 688 g/mol. The molecule has 0 saturated carbocycles. The molecular formula is C37H46FN7O5. The average Bonchev–Trinajstić information content (AvgIpc) is 3.06. The summed E-state index contributed by atoms with van der Waals surface area (Å²) in [4.78, 5) is 61.6. The second kappa shape index (κ2) is 13.7. The van der Waals surface area contributed by atoms with Gasteiger partial charge in [-0.2, -0.15) is 5.10 Å². The first-order valence-electron chi connectivity index (χ1n) is 17.7. The molecule has 3 amide bonds. The van der Waals surface area contributed by atoms with Crippen molar-refractivity contribution >= 4 is 28.7 Å². The van der Waals surface area contributed by atoms with Gasteiger partial charge in [0.25, 0.3) is 11.5 Å². The second-order valence-corrected chi connectivity index (χ2v) is 15.1. The minimum Gasteiger partial charge on any atom is -0.444 e. The molecule has 4 saturated heterocycles. The molecule has 4 aliphatic heterocycles. The van der Waals surface area contributed by atoms with E-state index in [2.05, 4.69) is 20.0 Å². The normalized spacial score (nSPS) is 20.1. The highest BCUT2D eigenvalue weighted by Gasteiger charge is 2.44. The summed E-state index contributed by atoms with van der Waals surface area (Å²) in [6.45, 7) is 12.4. The van der Waals surface area contributed by atoms with Crippen molar-refractivity contribution in [2.24, 2.45) is 5.92 Å². The molecule has 0 radical (unpaired) electrons. The van der Waals surface area contributed by atoms with Gasteiger partial charge in [-0.05, 0) is 70.5 Å². The SMILES string of the molecule is CC(C)(C)OC(=O)N1CC(N2CC(N3CCC(C(=O)N4CCN(C(=O)c5cc(Cc6n[nH]c(=O)c7ccccc67)ccc5F)CC4)CC3)C2)C1. The van der Waals surface area contributed by atoms with Crippen LogP contribution in [-0.4, -0.2) is 136 Å². The molecule has 266 valence electrons. The van der Waals surface area contributed by atoms with Gasteiger partial charge < -0.3 is 19.4 Å². The molecule has 7 rings (SSSR count). The number of fused-ring (bicyclic) bond motifs is 1. The van der Waals surface area contributed by atoms with Crippen molar-refractivity contribution in [1.29, 1.82) is 0 Å². The van der Waals surface area contributed by atoms with E-state index >= 15 is 0 Å². The molecule has 4 aliphatic rings. The van der Waals surface area contributed by atoms with Gasteiger partial charge in [0.1, 0.15) is 11.4 Å². The molecule has 4 fully saturated rings. The Balaban J connectivity index is 0.857. The van der Waals surface area contributed by atoms with Crippen LogP contribution in [0.5, 0.6) is 0 Å². The zero-order chi connectivity index (χ0) is 35.2. The number of rotatable bonds is 6. The number of nitrogens with zero attached hydrogens (tertiary/aromatic N) is 6. The van der Waals surface area contributed by atoms with E-state index < -0.39 is 17.3 Å². The van der Waals surface area contributed by atoms with Crippen LogP contribution in [0, 0.1) is 11.7 Å². The van der Waals surface area contributed by atoms with Gasteiger partial charge in [-0.25, -0.2) is 14.3 Å². The molecule has 50 heavy (non-hydrogen) atoms. The number of aromatic nitrogens is 2. The first kappa shape index (κ1) is 34.1. The van der Waals surface area contributed by atoms with Crippen LogP contribution in [0.3, 0.4) is 0 Å². The van der Waals surface area contributed by atoms with Crippen LogP contribution in [0.1, 0.15) is 55.2 Å². The number of aromatic amines is 1. The number of nitrogens with one attached hydrogen (secondary N) is 1. The number of H-pyrrole nitrogens is 1. The lowest BCUT2D eigenvalue weighted by Crippen LogP contribution is -2.70. The van der Waals surface area contributed by atoms with E-state index in [9.17, 15) is 23.6 Å². The molecule has 0 aliphatic carbocycles. The van der Waals surface area contributed by atoms with Gasteiger partial charge in [0.05, 0.1) is 16.6 Å². The number of piperazine rings is 1. The van der Waals surface area contributed by atoms with Crippen LogP contribution >= 0.6 is 0 Å². The zero-order valence-corrected chi connectivity index (χ0v) is 29.1. The van der Waals surface area contributed by atoms with Gasteiger partial charge in [-0.3, -0.25) is 24.2 Å². The lowest BCUT2D eigenvalue weighted by Gasteiger charge is -2.54. The van der Waals surface area contributed by atoms with E-state index in [1.165, 1.54) is 6.07 Å². The monoisotopic (exact) mass is 687 g/mol. The van der Waals surface area contributed by atoms with Crippen molar-refractivity contribution < 1.29 is 23.5 Å². The highest BCUT2D eigenvalue weighted by molar-refractivity contribution is 5.95. The van der Waals surface area contributed by atoms with Crippen molar-refractivity contribution in [2.45, 2.75) is 57.7 Å². The first-order chi connectivity index (χ1) is 23.9. The molecule has 13 heteroatoms. The van der Waals surface area contributed by atoms with E-state index in [0.717, 1.165) is 39.0 Å². The summed E-state index contributed by atoms with van der Waals surface area (Å²) in [7, 11) is 0. The van der Waals surface area contributed by atoms with Gasteiger partial charge in [-0.1, -0.05) is 24.3 Å². The molecule has 0 atom stereocenters. The summed E-state index contributed by atoms with van der Waals surface area (Å²) in [6.07, 6.45) is 1.73. The topological polar surface area (TPSA) is 122 Å². The largest absolute Gasteiger partial charge is 0.444 e. The summed E-state index contributed by atoms with van der Waals surface area (Å²) < 4.78 is 20.4. The number of carbonyl (C=O) groups excluding carboxylic acids is 3. The van der Waals surface area contributed by atoms with Gasteiger partial charge in [0.2, 0.25) is 5.91 Å². The maximum atomic E-state index is 15.0. The maximum absolute atomic E-state index is 15.0. The molecule has 12 nitrogen and oxygen atoms in total. The predicted molar refractivity (Wildman–Crippen MR) is 185 cm³/mol. The van der Waals surface area contributed by atoms with Gasteiger partial charge in [0, 0.05) is 82.2 Å². The molecule has 5 heterocycles. The Kier molecular flexibility index (Phi) is 9.38. The van der Waals surface area contributed by atoms with E-state index in [1.807, 2.05) is 37.8 Å². The summed E-state index contributed by atoms with van der Waals surface area (Å²) >= 11 is 0. The number of halogens is 1. The Morgan fingerprint density at radius 3 is 2.16 bits per heavy atom. The molecule has 2 aromatic carbocycles. The molecular weight excluding hydrogens is 641 g/mol. The van der Waals surface area contributed by atoms with Crippen LogP contribution in [0.15, 0.2) is 47.3 Å². The van der Waals surface area contributed by atoms with Crippen LogP contribution in [0.4, 0.5) is 9.18 Å². The fraction of sp³-hybridized carbons (Fsp3) is 0.541. The number of carbonyl (C=O) groups is 3. The Morgan fingerprint density at radius 2 is 1.48 bits per heavy atom. The van der Waals surface area contributed by atoms with Crippen LogP contribution in [-0.2, 0) is 16.0 Å². The van der Waals surface area contributed by atoms with Crippen molar-refractivity contribution in [3.63, 3.8) is 0 Å². The van der Waals surface area contributed by atoms with Crippen molar-refractivity contribution in [1.82, 2.24) is 34.7 Å². The van der Waals surface area contributed by atoms with E-state index in [1.54, 1.807) is 34.1 Å². The summed E-state index contributed by atoms with van der Waals surface area (Å²) in [5.74, 6) is -0.852. The summed E-state index contributed by atoms with van der Waals surface area (Å²) in [5.41, 5.74) is 0.587. The molecule has 0 bridgehead atoms. The van der Waals surface area contributed by atoms with Crippen molar-refractivity contribution in [2.75, 3.05) is 65.4 Å². The van der Waals surface area contributed by atoms with Gasteiger partial charge in [-0.15, -0.1) is 0 Å². The standard InChI is InChI=1S/C37H46FN7O5/c1-37(2,3)50-36(49)45-22-27(23-45)44-20-26(21-44)41-12-10-25(11-13-41)34(47)42-14-16-43(17-15-42)35(48)30-18-24(8-9-31(30)38)19-32-28-6-4-5-7-29(28)33(46)40-39-32/h4-9,18,25-27H,10-17,19-23H2,1-3H3,(H,40,46). The number of hydrogen-bond acceptors (Lipinski definition) is 8. The van der Waals surface area contributed by atoms with Gasteiger partial charge in [0.15, 0.2) is 0 Å². The second-order valence-electron chi connectivity index (χ2n) is 15.1. The lowest BCUT2D eigenvalue weighted by atomic mass is 9.91. The Labute approximate surface area is 291 Å². The Bertz CT molecular complexity index is 1810. The molecule has 0 spiro atoms. The number of hydrogen-bond donors (Lipinski definition) is 1. The molecule has 0 unspecified atom stereocenters. The number of piperidine rings is 1. The zero-order valence-electron chi connectivity index (χ0n) is 29.1. The predicted octanol–water partition coefficient (Wildman–Crippen LogP) is 2.95. The van der Waals surface area contributed by atoms with Crippen molar-refractivity contribution in [3.8, 4) is 0 Å². The summed E-state index contributed by atoms with van der Waals surface area (Å²) in [5, 5.41) is 7.99. The molecule has 3 aromatic rings. The highest BCUT2D eigenvalue weighted by Crippen LogP contribution is 2.29. The van der Waals surface area contributed by atoms with Crippen LogP contribution in [0.2, 0.25) is 0 Å². The number of likely N-dealkylation sites (tertiary alicyclic amines) is 3. The van der Waals surface area contributed by atoms with Crippen LogP contribution in [0.25, 0.3) is 10.8 Å². The number of benzene rings is 2. The third-order valence-corrected chi connectivity index (χ3v) is 10.6. The third kappa shape index (κ3) is 7.11. The summed E-state index contributed by atoms with van der Waals surface area (Å²) in [6, 6.07) is 12.6. The Morgan fingerprint density at radius 1 is 0.840 bits per heavy atom. The fourth-order valence-electron chi connectivity index (χ4n) is 7.59. The smallest absolute Gasteiger partial charge is 0.410 e. The molecule has 1 aromatic heterocycles. The minimum atomic E-state index is -0.589. The quantitative estimate of drug-likeness (QED) is 0.420. The van der Waals surface area contributed by atoms with Gasteiger partial charge >= 0.3 is 6.09 Å². The maximum Gasteiger partial charge on any atom is 0.410 e. The molecule has 1 N–H and O–H groups in total. The fourth-order valence-corrected chi connectivity index (χ4v) is 7.59. The third-order valence-electron chi connectivity index (χ3n) is 10.6. The van der Waals surface area contributed by atoms with Crippen LogP contribution < -0.4 is 5.56 Å². The lowest BCUT2D eigenvalue weighted by molar-refractivity contribution is -0.139. The highest BCUT2D eigenvalue weighted by atomic mass is 19.1. The van der Waals surface area contributed by atoms with E-state index in [4.69, 9.17) is 4.74 Å². The van der Waals surface area contributed by atoms with Crippen molar-refractivity contribution in [3.05, 3.63) is 75.5 Å². The van der Waals surface area contributed by atoms with E-state index in [0.29, 0.717) is 79.8 Å².